The number of ether oxygens (including phenoxy) is 2. The van der Waals surface area contributed by atoms with Crippen molar-refractivity contribution in [1.29, 1.82) is 0 Å². The van der Waals surface area contributed by atoms with Gasteiger partial charge in [-0.3, -0.25) is 0 Å². The molecule has 5 rings (SSSR count). The molecule has 3 aliphatic carbocycles. The summed E-state index contributed by atoms with van der Waals surface area (Å²) in [6.07, 6.45) is 6.36. The molecule has 5 atom stereocenters. The summed E-state index contributed by atoms with van der Waals surface area (Å²) >= 11 is 1.07. The Morgan fingerprint density at radius 3 is 2.95 bits per heavy atom. The summed E-state index contributed by atoms with van der Waals surface area (Å²) < 4.78 is 17.6. The second-order valence-electron chi connectivity index (χ2n) is 7.55. The van der Waals surface area contributed by atoms with Crippen molar-refractivity contribution < 1.29 is 14.3 Å². The number of halogens is 2. The van der Waals surface area contributed by atoms with Gasteiger partial charge in [0, 0.05) is 0 Å². The minimum absolute atomic E-state index is 0.0724. The van der Waals surface area contributed by atoms with Gasteiger partial charge in [0.1, 0.15) is 0 Å². The number of allylic oxidation sites excluding steroid dienone is 1. The number of rotatable bonds is 5. The first kappa shape index (κ1) is 14.9. The summed E-state index contributed by atoms with van der Waals surface area (Å²) in [6.45, 7) is 4.37. The van der Waals surface area contributed by atoms with Gasteiger partial charge in [0.2, 0.25) is 0 Å². The third-order valence-corrected chi connectivity index (χ3v) is 13.0. The molecular weight excluding hydrogens is 510 g/mol. The number of nitrogens with one attached hydrogen (secondary N) is 2. The van der Waals surface area contributed by atoms with Crippen molar-refractivity contribution in [2.24, 2.45) is 17.3 Å². The van der Waals surface area contributed by atoms with Gasteiger partial charge in [-0.05, 0) is 0 Å². The monoisotopic (exact) mass is 530 g/mol. The van der Waals surface area contributed by atoms with E-state index in [1.807, 2.05) is 6.92 Å². The van der Waals surface area contributed by atoms with Crippen molar-refractivity contribution in [2.45, 2.75) is 46.3 Å². The van der Waals surface area contributed by atoms with Crippen LogP contribution in [0.5, 0.6) is 0 Å². The van der Waals surface area contributed by atoms with Gasteiger partial charge >= 0.3 is 152 Å². The van der Waals surface area contributed by atoms with Crippen LogP contribution in [0, 0.1) is 17.3 Å². The molecule has 122 valence electrons. The Bertz CT molecular complexity index is 602. The fraction of sp³-hybridized carbons (Fsp3) is 0.800. The molecule has 2 bridgehead atoms. The Morgan fingerprint density at radius 2 is 2.27 bits per heavy atom. The molecule has 5 unspecified atom stereocenters. The molecule has 0 radical (unpaired) electrons. The number of alkyl halides is 2. The number of hydrogen-bond acceptors (Lipinski definition) is 5. The Labute approximate surface area is 151 Å². The molecule has 1 spiro atoms. The van der Waals surface area contributed by atoms with E-state index in [2.05, 4.69) is 42.7 Å². The SMILES string of the molecule is CC1CC2=CC3(C1)CC3C2OCOC(=O)C(C)(I)C12NI1N2. The van der Waals surface area contributed by atoms with E-state index in [1.54, 1.807) is 0 Å². The summed E-state index contributed by atoms with van der Waals surface area (Å²) in [6, 6.07) is 0. The normalized spacial score (nSPS) is 46.0. The standard InChI is InChI=1S/C15H20I2N2O3/c1-8-3-9-5-14(4-8)6-10(14)11(9)21-7-22-12(20)13(2,16)15-17(18-15)19-15/h5,8,10-11,18-19H,3-4,6-7H2,1-2H3. The Morgan fingerprint density at radius 1 is 1.55 bits per heavy atom. The third kappa shape index (κ3) is 1.89. The van der Waals surface area contributed by atoms with Gasteiger partial charge in [0.25, 0.3) is 0 Å². The topological polar surface area (TPSA) is 79.4 Å². The first-order chi connectivity index (χ1) is 10.4. The van der Waals surface area contributed by atoms with E-state index in [9.17, 15) is 4.79 Å². The van der Waals surface area contributed by atoms with Crippen LogP contribution in [0.15, 0.2) is 11.6 Å². The first-order valence-electron chi connectivity index (χ1n) is 7.83. The summed E-state index contributed by atoms with van der Waals surface area (Å²) in [5.74, 6) is 1.24. The van der Waals surface area contributed by atoms with Gasteiger partial charge in [-0.1, -0.05) is 0 Å². The molecule has 22 heavy (non-hydrogen) atoms. The van der Waals surface area contributed by atoms with Crippen molar-refractivity contribution in [3.05, 3.63) is 11.6 Å². The van der Waals surface area contributed by atoms with E-state index >= 15 is 0 Å². The zero-order valence-corrected chi connectivity index (χ0v) is 16.9. The molecule has 0 aromatic rings. The molecule has 0 aromatic heterocycles. The van der Waals surface area contributed by atoms with E-state index in [0.717, 1.165) is 12.3 Å². The van der Waals surface area contributed by atoms with Crippen LogP contribution in [0.25, 0.3) is 0 Å². The molecule has 5 nitrogen and oxygen atoms in total. The van der Waals surface area contributed by atoms with E-state index in [4.69, 9.17) is 9.47 Å². The summed E-state index contributed by atoms with van der Waals surface area (Å²) in [5.41, 5.74) is 1.89. The second kappa shape index (κ2) is 4.39. The van der Waals surface area contributed by atoms with Gasteiger partial charge in [0.15, 0.2) is 0 Å². The molecule has 1 saturated carbocycles. The van der Waals surface area contributed by atoms with Crippen molar-refractivity contribution in [2.75, 3.05) is 6.79 Å². The fourth-order valence-electron chi connectivity index (χ4n) is 4.47. The molecule has 2 heterocycles. The first-order valence-corrected chi connectivity index (χ1v) is 12.1. The Kier molecular flexibility index (Phi) is 2.96. The fourth-order valence-corrected chi connectivity index (χ4v) is 12.3. The van der Waals surface area contributed by atoms with Crippen LogP contribution in [0.1, 0.15) is 33.1 Å². The van der Waals surface area contributed by atoms with E-state index in [-0.39, 0.29) is 22.5 Å². The number of carbonyl (C=O) groups is 1. The Hall–Kier alpha value is 0.550. The van der Waals surface area contributed by atoms with E-state index in [1.165, 1.54) is 18.4 Å². The quantitative estimate of drug-likeness (QED) is 0.0836. The third-order valence-electron chi connectivity index (χ3n) is 5.82. The zero-order chi connectivity index (χ0) is 15.3. The summed E-state index contributed by atoms with van der Waals surface area (Å²) in [4.78, 5) is 12.3. The summed E-state index contributed by atoms with van der Waals surface area (Å²) in [7, 11) is 0. The summed E-state index contributed by atoms with van der Waals surface area (Å²) in [5, 5.41) is 0. The van der Waals surface area contributed by atoms with Crippen LogP contribution in [0.4, 0.5) is 0 Å². The number of fused-ring (bicyclic) bond motifs is 1. The molecule has 2 N–H and O–H groups in total. The van der Waals surface area contributed by atoms with Crippen molar-refractivity contribution >= 4 is 48.9 Å². The molecule has 5 aliphatic rings. The van der Waals surface area contributed by atoms with Gasteiger partial charge in [-0.2, -0.15) is 0 Å². The van der Waals surface area contributed by atoms with Crippen molar-refractivity contribution in [3.8, 4) is 0 Å². The molecule has 7 heteroatoms. The zero-order valence-electron chi connectivity index (χ0n) is 12.6. The molecule has 0 amide bonds. The van der Waals surface area contributed by atoms with Crippen LogP contribution in [0.2, 0.25) is 0 Å². The second-order valence-corrected chi connectivity index (χ2v) is 14.0. The van der Waals surface area contributed by atoms with Crippen LogP contribution in [-0.2, 0) is 14.3 Å². The van der Waals surface area contributed by atoms with Gasteiger partial charge < -0.3 is 0 Å². The van der Waals surface area contributed by atoms with Crippen LogP contribution >= 0.6 is 43.0 Å². The number of carbonyl (C=O) groups excluding carboxylic acids is 1. The van der Waals surface area contributed by atoms with Gasteiger partial charge in [0.05, 0.1) is 0 Å². The average molecular weight is 530 g/mol. The average Bonchev–Trinajstić information content (AvgIpc) is 3.29. The molecule has 2 aliphatic heterocycles. The molecule has 0 aromatic carbocycles. The van der Waals surface area contributed by atoms with Crippen molar-refractivity contribution in [3.63, 3.8) is 0 Å². The number of hydrogen-bond donors (Lipinski definition) is 2. The minimum atomic E-state index is -1.14. The Balaban J connectivity index is 1.18. The molecular formula is C15H20I2N2O3. The van der Waals surface area contributed by atoms with Crippen LogP contribution in [0.3, 0.4) is 0 Å². The van der Waals surface area contributed by atoms with E-state index < -0.39 is 23.8 Å². The van der Waals surface area contributed by atoms with Crippen molar-refractivity contribution in [1.82, 2.24) is 7.06 Å². The predicted molar refractivity (Wildman–Crippen MR) is 98.3 cm³/mol. The molecule has 3 fully saturated rings. The molecule has 2 saturated heterocycles. The predicted octanol–water partition coefficient (Wildman–Crippen LogP) is 2.64. The van der Waals surface area contributed by atoms with E-state index in [0.29, 0.717) is 11.3 Å². The maximum absolute atomic E-state index is 12.3. The van der Waals surface area contributed by atoms with Gasteiger partial charge in [-0.15, -0.1) is 0 Å². The number of esters is 1. The van der Waals surface area contributed by atoms with Gasteiger partial charge in [-0.25, -0.2) is 0 Å². The van der Waals surface area contributed by atoms with Crippen LogP contribution in [-0.4, -0.2) is 26.0 Å². The maximum atomic E-state index is 12.3. The van der Waals surface area contributed by atoms with Crippen LogP contribution < -0.4 is 7.06 Å².